The summed E-state index contributed by atoms with van der Waals surface area (Å²) in [7, 11) is 3.31. The minimum Gasteiger partial charge on any atom is -0.497 e. The Morgan fingerprint density at radius 1 is 0.923 bits per heavy atom. The fourth-order valence-corrected chi connectivity index (χ4v) is 2.89. The normalized spacial score (nSPS) is 11.7. The van der Waals surface area contributed by atoms with Gasteiger partial charge in [0.25, 0.3) is 0 Å². The molecular weight excluding hydrogens is 326 g/mol. The summed E-state index contributed by atoms with van der Waals surface area (Å²) < 4.78 is 10.5. The average molecular weight is 355 g/mol. The Bertz CT molecular complexity index is 665. The maximum Gasteiger partial charge on any atom is 0.220 e. The molecule has 0 saturated heterocycles. The van der Waals surface area contributed by atoms with E-state index >= 15 is 0 Å². The van der Waals surface area contributed by atoms with Crippen LogP contribution in [-0.4, -0.2) is 20.1 Å². The second-order valence-electron chi connectivity index (χ2n) is 6.40. The smallest absolute Gasteiger partial charge is 0.220 e. The zero-order chi connectivity index (χ0) is 18.8. The molecule has 0 aromatic heterocycles. The van der Waals surface area contributed by atoms with Crippen molar-refractivity contribution < 1.29 is 14.3 Å². The van der Waals surface area contributed by atoms with Gasteiger partial charge in [0.05, 0.1) is 20.3 Å². The third-order valence-corrected chi connectivity index (χ3v) is 4.46. The molecule has 4 nitrogen and oxygen atoms in total. The molecule has 1 unspecified atom stereocenters. The van der Waals surface area contributed by atoms with Crippen molar-refractivity contribution in [3.63, 3.8) is 0 Å². The number of hydrogen-bond acceptors (Lipinski definition) is 3. The summed E-state index contributed by atoms with van der Waals surface area (Å²) in [6, 6.07) is 15.8. The molecule has 2 aromatic rings. The molecule has 140 valence electrons. The predicted octanol–water partition coefficient (Wildman–Crippen LogP) is 4.68. The van der Waals surface area contributed by atoms with Gasteiger partial charge in [0.2, 0.25) is 5.91 Å². The highest BCUT2D eigenvalue weighted by Gasteiger charge is 2.15. The lowest BCUT2D eigenvalue weighted by Crippen LogP contribution is -2.29. The van der Waals surface area contributed by atoms with Crippen molar-refractivity contribution in [1.82, 2.24) is 5.32 Å². The van der Waals surface area contributed by atoms with Crippen molar-refractivity contribution in [1.29, 1.82) is 0 Å². The summed E-state index contributed by atoms with van der Waals surface area (Å²) in [5.41, 5.74) is 2.23. The summed E-state index contributed by atoms with van der Waals surface area (Å²) >= 11 is 0. The van der Waals surface area contributed by atoms with Crippen molar-refractivity contribution in [2.45, 2.75) is 45.1 Å². The van der Waals surface area contributed by atoms with E-state index in [1.54, 1.807) is 14.2 Å². The first-order chi connectivity index (χ1) is 12.7. The van der Waals surface area contributed by atoms with Crippen LogP contribution in [-0.2, 0) is 11.2 Å². The Hall–Kier alpha value is -2.49. The minimum absolute atomic E-state index is 0.0663. The Labute approximate surface area is 156 Å². The van der Waals surface area contributed by atoms with Crippen LogP contribution in [0, 0.1) is 0 Å². The molecule has 0 aliphatic carbocycles. The fraction of sp³-hybridized carbons (Fsp3) is 0.409. The Balaban J connectivity index is 2.12. The third-order valence-electron chi connectivity index (χ3n) is 4.46. The van der Waals surface area contributed by atoms with Gasteiger partial charge < -0.3 is 14.8 Å². The molecule has 0 spiro atoms. The first-order valence-electron chi connectivity index (χ1n) is 9.22. The third kappa shape index (κ3) is 6.10. The highest BCUT2D eigenvalue weighted by molar-refractivity contribution is 5.76. The summed E-state index contributed by atoms with van der Waals surface area (Å²) in [6.07, 6.45) is 4.43. The number of hydrogen-bond donors (Lipinski definition) is 1. The largest absolute Gasteiger partial charge is 0.497 e. The summed E-state index contributed by atoms with van der Waals surface area (Å²) in [6.45, 7) is 2.14. The molecule has 0 radical (unpaired) electrons. The maximum atomic E-state index is 12.4. The fourth-order valence-electron chi connectivity index (χ4n) is 2.89. The average Bonchev–Trinajstić information content (AvgIpc) is 2.68. The molecule has 1 N–H and O–H groups in total. The molecule has 26 heavy (non-hydrogen) atoms. The van der Waals surface area contributed by atoms with E-state index < -0.39 is 0 Å². The van der Waals surface area contributed by atoms with Gasteiger partial charge >= 0.3 is 0 Å². The van der Waals surface area contributed by atoms with Gasteiger partial charge in [-0.2, -0.15) is 0 Å². The predicted molar refractivity (Wildman–Crippen MR) is 105 cm³/mol. The topological polar surface area (TPSA) is 47.6 Å². The van der Waals surface area contributed by atoms with Crippen LogP contribution in [0.15, 0.2) is 48.5 Å². The number of methoxy groups -OCH3 is 2. The van der Waals surface area contributed by atoms with Crippen LogP contribution in [0.25, 0.3) is 0 Å². The number of carbonyl (C=O) groups is 1. The number of rotatable bonds is 10. The van der Waals surface area contributed by atoms with Crippen molar-refractivity contribution in [3.05, 3.63) is 59.7 Å². The lowest BCUT2D eigenvalue weighted by atomic mass is 9.98. The molecule has 2 rings (SSSR count). The number of ether oxygens (including phenoxy) is 2. The summed E-state index contributed by atoms with van der Waals surface area (Å²) in [4.78, 5) is 12.4. The van der Waals surface area contributed by atoms with E-state index in [9.17, 15) is 4.79 Å². The molecule has 1 amide bonds. The van der Waals surface area contributed by atoms with Crippen LogP contribution in [0.2, 0.25) is 0 Å². The first-order valence-corrected chi connectivity index (χ1v) is 9.22. The van der Waals surface area contributed by atoms with E-state index in [2.05, 4.69) is 12.2 Å². The standard InChI is InChI=1S/C22H29NO3/c1-4-5-6-7-22(24)23-21(18-10-14-20(26-3)15-11-18)16-17-8-12-19(25-2)13-9-17/h8-15,21H,4-7,16H2,1-3H3,(H,23,24). The molecule has 4 heteroatoms. The zero-order valence-corrected chi connectivity index (χ0v) is 16.0. The van der Waals surface area contributed by atoms with Gasteiger partial charge in [-0.15, -0.1) is 0 Å². The Kier molecular flexibility index (Phi) is 8.00. The first kappa shape index (κ1) is 19.8. The molecule has 0 saturated carbocycles. The molecule has 0 aliphatic rings. The van der Waals surface area contributed by atoms with Crippen molar-refractivity contribution in [2.24, 2.45) is 0 Å². The van der Waals surface area contributed by atoms with Gasteiger partial charge in [-0.3, -0.25) is 4.79 Å². The van der Waals surface area contributed by atoms with Crippen molar-refractivity contribution >= 4 is 5.91 Å². The molecule has 0 aliphatic heterocycles. The van der Waals surface area contributed by atoms with Gasteiger partial charge in [-0.05, 0) is 48.2 Å². The molecule has 0 fully saturated rings. The number of carbonyl (C=O) groups excluding carboxylic acids is 1. The molecule has 0 bridgehead atoms. The lowest BCUT2D eigenvalue weighted by molar-refractivity contribution is -0.122. The van der Waals surface area contributed by atoms with Crippen molar-refractivity contribution in [3.8, 4) is 11.5 Å². The Morgan fingerprint density at radius 2 is 1.50 bits per heavy atom. The lowest BCUT2D eigenvalue weighted by Gasteiger charge is -2.20. The monoisotopic (exact) mass is 355 g/mol. The quantitative estimate of drug-likeness (QED) is 0.629. The molecular formula is C22H29NO3. The van der Waals surface area contributed by atoms with Crippen LogP contribution >= 0.6 is 0 Å². The minimum atomic E-state index is -0.0663. The second-order valence-corrected chi connectivity index (χ2v) is 6.40. The van der Waals surface area contributed by atoms with Gasteiger partial charge in [-0.1, -0.05) is 44.0 Å². The van der Waals surface area contributed by atoms with Gasteiger partial charge in [0, 0.05) is 6.42 Å². The number of unbranched alkanes of at least 4 members (excludes halogenated alkanes) is 2. The Morgan fingerprint density at radius 3 is 2.04 bits per heavy atom. The van der Waals surface area contributed by atoms with Gasteiger partial charge in [0.1, 0.15) is 11.5 Å². The number of nitrogens with one attached hydrogen (secondary N) is 1. The van der Waals surface area contributed by atoms with Gasteiger partial charge in [0.15, 0.2) is 0 Å². The summed E-state index contributed by atoms with van der Waals surface area (Å²) in [5, 5.41) is 3.20. The SMILES string of the molecule is CCCCCC(=O)NC(Cc1ccc(OC)cc1)c1ccc(OC)cc1. The van der Waals surface area contributed by atoms with Crippen LogP contribution in [0.3, 0.4) is 0 Å². The second kappa shape index (κ2) is 10.5. The van der Waals surface area contributed by atoms with E-state index in [4.69, 9.17) is 9.47 Å². The number of benzene rings is 2. The summed E-state index contributed by atoms with van der Waals surface area (Å²) in [5.74, 6) is 1.75. The van der Waals surface area contributed by atoms with E-state index in [-0.39, 0.29) is 11.9 Å². The van der Waals surface area contributed by atoms with E-state index in [1.165, 1.54) is 0 Å². The van der Waals surface area contributed by atoms with Crippen LogP contribution < -0.4 is 14.8 Å². The molecule has 1 atom stereocenters. The number of amides is 1. The van der Waals surface area contributed by atoms with Crippen LogP contribution in [0.4, 0.5) is 0 Å². The maximum absolute atomic E-state index is 12.4. The van der Waals surface area contributed by atoms with Gasteiger partial charge in [-0.25, -0.2) is 0 Å². The highest BCUT2D eigenvalue weighted by Crippen LogP contribution is 2.23. The van der Waals surface area contributed by atoms with Crippen molar-refractivity contribution in [2.75, 3.05) is 14.2 Å². The molecule has 2 aromatic carbocycles. The van der Waals surface area contributed by atoms with E-state index in [1.807, 2.05) is 48.5 Å². The van der Waals surface area contributed by atoms with E-state index in [0.717, 1.165) is 48.3 Å². The van der Waals surface area contributed by atoms with Crippen LogP contribution in [0.1, 0.15) is 49.8 Å². The highest BCUT2D eigenvalue weighted by atomic mass is 16.5. The molecule has 0 heterocycles. The van der Waals surface area contributed by atoms with E-state index in [0.29, 0.717) is 6.42 Å². The van der Waals surface area contributed by atoms with Crippen LogP contribution in [0.5, 0.6) is 11.5 Å². The zero-order valence-electron chi connectivity index (χ0n) is 16.0.